The van der Waals surface area contributed by atoms with Crippen molar-refractivity contribution in [2.75, 3.05) is 24.2 Å². The van der Waals surface area contributed by atoms with Crippen LogP contribution in [0.2, 0.25) is 5.02 Å². The second-order valence-electron chi connectivity index (χ2n) is 5.60. The maximum atomic E-state index is 11.7. The lowest BCUT2D eigenvalue weighted by atomic mass is 9.99. The van der Waals surface area contributed by atoms with E-state index in [-0.39, 0.29) is 5.16 Å². The standard InChI is InChI=1S/C16H13ClN4O2S/c1-24(22,23)16-19-9-10-8-12(11-4-2-3-5-13(11)17)15-18-6-7-21(15)14(10)20-16/h2-5,8-9H,6-7H2,1H3. The SMILES string of the molecule is CS(=O)(=O)c1ncc2c(n1)N1CCN=C1C(c1ccccc1Cl)=C2. The Bertz CT molecular complexity index is 1010. The Hall–Kier alpha value is -2.25. The number of hydrogen-bond acceptors (Lipinski definition) is 6. The van der Waals surface area contributed by atoms with E-state index in [0.717, 1.165) is 28.8 Å². The summed E-state index contributed by atoms with van der Waals surface area (Å²) in [5.74, 6) is 1.33. The first-order valence-electron chi connectivity index (χ1n) is 7.31. The molecule has 0 N–H and O–H groups in total. The summed E-state index contributed by atoms with van der Waals surface area (Å²) in [6.45, 7) is 1.26. The minimum Gasteiger partial charge on any atom is -0.308 e. The zero-order valence-electron chi connectivity index (χ0n) is 12.8. The molecule has 0 spiro atoms. The Morgan fingerprint density at radius 1 is 1.25 bits per heavy atom. The number of benzene rings is 1. The van der Waals surface area contributed by atoms with E-state index < -0.39 is 9.84 Å². The molecule has 2 aliphatic rings. The van der Waals surface area contributed by atoms with Gasteiger partial charge in [-0.3, -0.25) is 4.99 Å². The quantitative estimate of drug-likeness (QED) is 0.768. The number of aromatic nitrogens is 2. The van der Waals surface area contributed by atoms with Crippen LogP contribution in [0.5, 0.6) is 0 Å². The molecule has 0 aliphatic carbocycles. The average Bonchev–Trinajstić information content (AvgIpc) is 3.03. The Balaban J connectivity index is 1.93. The monoisotopic (exact) mass is 360 g/mol. The molecule has 0 atom stereocenters. The molecule has 0 bridgehead atoms. The molecular weight excluding hydrogens is 348 g/mol. The molecule has 0 fully saturated rings. The molecule has 0 saturated carbocycles. The summed E-state index contributed by atoms with van der Waals surface area (Å²) >= 11 is 6.34. The molecule has 0 saturated heterocycles. The first-order valence-corrected chi connectivity index (χ1v) is 9.58. The molecule has 2 aromatic rings. The van der Waals surface area contributed by atoms with Crippen LogP contribution in [-0.2, 0) is 9.84 Å². The van der Waals surface area contributed by atoms with Crippen LogP contribution < -0.4 is 4.90 Å². The van der Waals surface area contributed by atoms with Gasteiger partial charge in [0.15, 0.2) is 0 Å². The van der Waals surface area contributed by atoms with E-state index in [1.807, 2.05) is 35.2 Å². The molecule has 1 aromatic carbocycles. The molecule has 0 amide bonds. The fraction of sp³-hybridized carbons (Fsp3) is 0.188. The molecule has 4 rings (SSSR count). The molecule has 122 valence electrons. The highest BCUT2D eigenvalue weighted by Crippen LogP contribution is 2.37. The number of anilines is 1. The minimum absolute atomic E-state index is 0.179. The van der Waals surface area contributed by atoms with E-state index in [0.29, 0.717) is 23.9 Å². The van der Waals surface area contributed by atoms with E-state index in [4.69, 9.17) is 11.6 Å². The summed E-state index contributed by atoms with van der Waals surface area (Å²) < 4.78 is 23.5. The Labute approximate surface area is 144 Å². The predicted molar refractivity (Wildman–Crippen MR) is 94.1 cm³/mol. The fourth-order valence-corrected chi connectivity index (χ4v) is 3.58. The van der Waals surface area contributed by atoms with Crippen molar-refractivity contribution in [2.24, 2.45) is 4.99 Å². The number of halogens is 1. The van der Waals surface area contributed by atoms with Gasteiger partial charge in [0.2, 0.25) is 15.0 Å². The number of fused-ring (bicyclic) bond motifs is 3. The summed E-state index contributed by atoms with van der Waals surface area (Å²) in [4.78, 5) is 14.7. The molecule has 3 heterocycles. The summed E-state index contributed by atoms with van der Waals surface area (Å²) in [7, 11) is -3.47. The lowest BCUT2D eigenvalue weighted by molar-refractivity contribution is 0.593. The van der Waals surface area contributed by atoms with Crippen molar-refractivity contribution in [1.29, 1.82) is 0 Å². The van der Waals surface area contributed by atoms with Gasteiger partial charge in [0, 0.05) is 40.7 Å². The van der Waals surface area contributed by atoms with Crippen molar-refractivity contribution < 1.29 is 8.42 Å². The van der Waals surface area contributed by atoms with Crippen LogP contribution in [0.1, 0.15) is 11.1 Å². The van der Waals surface area contributed by atoms with E-state index in [1.54, 1.807) is 0 Å². The van der Waals surface area contributed by atoms with Crippen LogP contribution in [0.15, 0.2) is 40.6 Å². The Kier molecular flexibility index (Phi) is 3.43. The summed E-state index contributed by atoms with van der Waals surface area (Å²) in [5, 5.41) is 0.456. The smallest absolute Gasteiger partial charge is 0.248 e. The summed E-state index contributed by atoms with van der Waals surface area (Å²) in [6.07, 6.45) is 4.54. The van der Waals surface area contributed by atoms with Gasteiger partial charge < -0.3 is 4.90 Å². The largest absolute Gasteiger partial charge is 0.308 e. The second kappa shape index (κ2) is 5.39. The molecule has 2 aliphatic heterocycles. The zero-order valence-corrected chi connectivity index (χ0v) is 14.3. The van der Waals surface area contributed by atoms with Gasteiger partial charge in [0.1, 0.15) is 11.7 Å². The lowest BCUT2D eigenvalue weighted by Crippen LogP contribution is -2.32. The normalized spacial score (nSPS) is 16.3. The van der Waals surface area contributed by atoms with Gasteiger partial charge >= 0.3 is 0 Å². The van der Waals surface area contributed by atoms with Crippen molar-refractivity contribution in [3.05, 3.63) is 46.6 Å². The van der Waals surface area contributed by atoms with Crippen molar-refractivity contribution in [3.63, 3.8) is 0 Å². The van der Waals surface area contributed by atoms with E-state index in [1.165, 1.54) is 6.20 Å². The third kappa shape index (κ3) is 2.40. The highest BCUT2D eigenvalue weighted by molar-refractivity contribution is 7.90. The van der Waals surface area contributed by atoms with Crippen molar-refractivity contribution >= 4 is 44.7 Å². The first-order chi connectivity index (χ1) is 11.4. The van der Waals surface area contributed by atoms with Gasteiger partial charge in [0.25, 0.3) is 0 Å². The van der Waals surface area contributed by atoms with Crippen molar-refractivity contribution in [3.8, 4) is 0 Å². The van der Waals surface area contributed by atoms with Crippen LogP contribution in [0.3, 0.4) is 0 Å². The summed E-state index contributed by atoms with van der Waals surface area (Å²) in [6, 6.07) is 7.56. The molecular formula is C16H13ClN4O2S. The highest BCUT2D eigenvalue weighted by atomic mass is 35.5. The molecule has 1 aromatic heterocycles. The average molecular weight is 361 g/mol. The number of hydrogen-bond donors (Lipinski definition) is 0. The van der Waals surface area contributed by atoms with Crippen LogP contribution in [0.25, 0.3) is 11.6 Å². The Morgan fingerprint density at radius 2 is 2.04 bits per heavy atom. The number of sulfone groups is 1. The number of nitrogens with zero attached hydrogens (tertiary/aromatic N) is 4. The van der Waals surface area contributed by atoms with Crippen LogP contribution in [-0.4, -0.2) is 43.6 Å². The minimum atomic E-state index is -3.47. The molecule has 8 heteroatoms. The number of rotatable bonds is 2. The molecule has 0 radical (unpaired) electrons. The Morgan fingerprint density at radius 3 is 2.79 bits per heavy atom. The number of aliphatic imine (C=N–C) groups is 1. The van der Waals surface area contributed by atoms with E-state index in [9.17, 15) is 8.42 Å². The van der Waals surface area contributed by atoms with Gasteiger partial charge in [0.05, 0.1) is 6.54 Å². The van der Waals surface area contributed by atoms with Gasteiger partial charge in [-0.2, -0.15) is 4.98 Å². The van der Waals surface area contributed by atoms with Crippen LogP contribution in [0, 0.1) is 0 Å². The molecule has 0 unspecified atom stereocenters. The van der Waals surface area contributed by atoms with Crippen molar-refractivity contribution in [2.45, 2.75) is 5.16 Å². The topological polar surface area (TPSA) is 75.5 Å². The highest BCUT2D eigenvalue weighted by Gasteiger charge is 2.31. The van der Waals surface area contributed by atoms with Gasteiger partial charge in [-0.1, -0.05) is 29.8 Å². The maximum Gasteiger partial charge on any atom is 0.248 e. The van der Waals surface area contributed by atoms with E-state index >= 15 is 0 Å². The first kappa shape index (κ1) is 15.3. The van der Waals surface area contributed by atoms with Gasteiger partial charge in [-0.15, -0.1) is 0 Å². The molecule has 6 nitrogen and oxygen atoms in total. The number of amidine groups is 1. The fourth-order valence-electron chi connectivity index (χ4n) is 2.85. The lowest BCUT2D eigenvalue weighted by Gasteiger charge is -2.27. The molecule has 24 heavy (non-hydrogen) atoms. The van der Waals surface area contributed by atoms with Crippen molar-refractivity contribution in [1.82, 2.24) is 9.97 Å². The second-order valence-corrected chi connectivity index (χ2v) is 7.92. The maximum absolute atomic E-state index is 11.7. The van der Waals surface area contributed by atoms with Crippen LogP contribution in [0.4, 0.5) is 5.82 Å². The summed E-state index contributed by atoms with van der Waals surface area (Å²) in [5.41, 5.74) is 2.52. The zero-order chi connectivity index (χ0) is 16.9. The van der Waals surface area contributed by atoms with E-state index in [2.05, 4.69) is 15.0 Å². The third-order valence-corrected chi connectivity index (χ3v) is 5.10. The van der Waals surface area contributed by atoms with Crippen LogP contribution >= 0.6 is 11.6 Å². The van der Waals surface area contributed by atoms with Gasteiger partial charge in [-0.25, -0.2) is 13.4 Å². The van der Waals surface area contributed by atoms with Gasteiger partial charge in [-0.05, 0) is 12.1 Å². The predicted octanol–water partition coefficient (Wildman–Crippen LogP) is 2.31. The third-order valence-electron chi connectivity index (χ3n) is 3.91.